The molecule has 0 spiro atoms. The van der Waals surface area contributed by atoms with Gasteiger partial charge in [0.25, 0.3) is 0 Å². The molecule has 128 valence electrons. The van der Waals surface area contributed by atoms with Crippen LogP contribution >= 0.6 is 23.2 Å². The average molecular weight is 377 g/mol. The summed E-state index contributed by atoms with van der Waals surface area (Å²) in [7, 11) is 1.11. The third-order valence-corrected chi connectivity index (χ3v) is 3.72. The zero-order chi connectivity index (χ0) is 18.0. The summed E-state index contributed by atoms with van der Waals surface area (Å²) in [6, 6.07) is 2.02. The number of benzene rings is 1. The van der Waals surface area contributed by atoms with Gasteiger partial charge < -0.3 is 15.2 Å². The SMILES string of the molecule is CCOc1c(Cl)cc(F)c(-c2cc(N)c(Cl)c(C(=O)OC)n2)c1F. The predicted octanol–water partition coefficient (Wildman–Crippen LogP) is 4.10. The maximum atomic E-state index is 14.6. The van der Waals surface area contributed by atoms with Gasteiger partial charge in [0.2, 0.25) is 0 Å². The number of anilines is 1. The Morgan fingerprint density at radius 2 is 2.00 bits per heavy atom. The molecule has 0 aliphatic heterocycles. The molecule has 0 saturated heterocycles. The van der Waals surface area contributed by atoms with E-state index >= 15 is 0 Å². The van der Waals surface area contributed by atoms with E-state index in [9.17, 15) is 13.6 Å². The summed E-state index contributed by atoms with van der Waals surface area (Å²) in [5, 5.41) is -0.406. The van der Waals surface area contributed by atoms with Crippen molar-refractivity contribution in [2.24, 2.45) is 0 Å². The van der Waals surface area contributed by atoms with E-state index in [1.54, 1.807) is 6.92 Å². The fraction of sp³-hybridized carbons (Fsp3) is 0.200. The number of halogens is 4. The molecule has 0 aliphatic rings. The van der Waals surface area contributed by atoms with Crippen molar-refractivity contribution < 1.29 is 23.0 Å². The van der Waals surface area contributed by atoms with Crippen molar-refractivity contribution in [3.63, 3.8) is 0 Å². The Balaban J connectivity index is 2.75. The van der Waals surface area contributed by atoms with Crippen molar-refractivity contribution in [3.05, 3.63) is 39.5 Å². The molecule has 0 saturated carbocycles. The van der Waals surface area contributed by atoms with E-state index < -0.39 is 23.2 Å². The first-order valence-electron chi connectivity index (χ1n) is 6.66. The summed E-state index contributed by atoms with van der Waals surface area (Å²) in [6.07, 6.45) is 0. The Morgan fingerprint density at radius 3 is 2.58 bits per heavy atom. The van der Waals surface area contributed by atoms with Crippen LogP contribution in [-0.4, -0.2) is 24.7 Å². The first kappa shape index (κ1) is 18.2. The van der Waals surface area contributed by atoms with Crippen LogP contribution in [-0.2, 0) is 4.74 Å². The second-order valence-electron chi connectivity index (χ2n) is 4.54. The molecule has 1 heterocycles. The van der Waals surface area contributed by atoms with Gasteiger partial charge in [-0.05, 0) is 19.1 Å². The van der Waals surface area contributed by atoms with Crippen molar-refractivity contribution in [1.29, 1.82) is 0 Å². The lowest BCUT2D eigenvalue weighted by Crippen LogP contribution is -2.09. The van der Waals surface area contributed by atoms with Crippen LogP contribution < -0.4 is 10.5 Å². The Morgan fingerprint density at radius 1 is 1.33 bits per heavy atom. The predicted molar refractivity (Wildman–Crippen MR) is 86.5 cm³/mol. The molecule has 9 heteroatoms. The number of ether oxygens (including phenoxy) is 2. The first-order valence-corrected chi connectivity index (χ1v) is 7.42. The molecule has 0 bridgehead atoms. The number of hydrogen-bond acceptors (Lipinski definition) is 5. The molecule has 0 amide bonds. The van der Waals surface area contributed by atoms with Crippen molar-refractivity contribution in [2.45, 2.75) is 6.92 Å². The molecule has 2 rings (SSSR count). The van der Waals surface area contributed by atoms with Gasteiger partial charge in [0.1, 0.15) is 5.82 Å². The Kier molecular flexibility index (Phi) is 5.46. The van der Waals surface area contributed by atoms with E-state index in [2.05, 4.69) is 9.72 Å². The number of nitrogens with two attached hydrogens (primary N) is 1. The van der Waals surface area contributed by atoms with E-state index in [4.69, 9.17) is 33.7 Å². The number of methoxy groups -OCH3 is 1. The van der Waals surface area contributed by atoms with E-state index in [-0.39, 0.29) is 39.5 Å². The van der Waals surface area contributed by atoms with Gasteiger partial charge in [-0.2, -0.15) is 0 Å². The van der Waals surface area contributed by atoms with Crippen LogP contribution in [0.1, 0.15) is 17.4 Å². The van der Waals surface area contributed by atoms with Gasteiger partial charge in [0, 0.05) is 0 Å². The number of esters is 1. The Labute approximate surface area is 146 Å². The molecule has 0 atom stereocenters. The summed E-state index contributed by atoms with van der Waals surface area (Å²) in [5.74, 6) is -3.28. The standard InChI is InChI=1S/C15H12Cl2F2N2O3/c1-3-24-14-6(16)4-7(18)10(12(14)19)9-5-8(20)11(17)13(21-9)15(22)23-2/h4-5H,3H2,1-2H3,(H2,20,21). The monoisotopic (exact) mass is 376 g/mol. The van der Waals surface area contributed by atoms with E-state index in [0.717, 1.165) is 19.2 Å². The lowest BCUT2D eigenvalue weighted by molar-refractivity contribution is 0.0594. The lowest BCUT2D eigenvalue weighted by Gasteiger charge is -2.13. The topological polar surface area (TPSA) is 74.4 Å². The smallest absolute Gasteiger partial charge is 0.358 e. The summed E-state index contributed by atoms with van der Waals surface area (Å²) in [4.78, 5) is 15.6. The minimum Gasteiger partial charge on any atom is -0.489 e. The molecule has 1 aromatic carbocycles. The highest BCUT2D eigenvalue weighted by molar-refractivity contribution is 6.35. The molecule has 5 nitrogen and oxygen atoms in total. The first-order chi connectivity index (χ1) is 11.3. The zero-order valence-corrected chi connectivity index (χ0v) is 14.1. The minimum absolute atomic E-state index is 0.0891. The van der Waals surface area contributed by atoms with E-state index in [1.807, 2.05) is 0 Å². The molecule has 0 unspecified atom stereocenters. The molecule has 2 N–H and O–H groups in total. The highest BCUT2D eigenvalue weighted by atomic mass is 35.5. The van der Waals surface area contributed by atoms with Gasteiger partial charge in [-0.15, -0.1) is 0 Å². The van der Waals surface area contributed by atoms with Gasteiger partial charge in [0.15, 0.2) is 17.3 Å². The van der Waals surface area contributed by atoms with Crippen molar-refractivity contribution >= 4 is 34.9 Å². The number of carbonyl (C=O) groups excluding carboxylic acids is 1. The second kappa shape index (κ2) is 7.19. The van der Waals surface area contributed by atoms with Gasteiger partial charge in [-0.1, -0.05) is 23.2 Å². The summed E-state index contributed by atoms with van der Waals surface area (Å²) in [6.45, 7) is 1.73. The van der Waals surface area contributed by atoms with Crippen LogP contribution in [0.4, 0.5) is 14.5 Å². The maximum Gasteiger partial charge on any atom is 0.358 e. The number of aromatic nitrogens is 1. The van der Waals surface area contributed by atoms with Crippen LogP contribution in [0.15, 0.2) is 12.1 Å². The average Bonchev–Trinajstić information content (AvgIpc) is 2.53. The van der Waals surface area contributed by atoms with Crippen molar-refractivity contribution in [1.82, 2.24) is 4.98 Å². The van der Waals surface area contributed by atoms with Crippen LogP contribution in [0, 0.1) is 11.6 Å². The van der Waals surface area contributed by atoms with Crippen LogP contribution in [0.25, 0.3) is 11.3 Å². The third-order valence-electron chi connectivity index (χ3n) is 3.04. The quantitative estimate of drug-likeness (QED) is 0.812. The highest BCUT2D eigenvalue weighted by Gasteiger charge is 2.24. The van der Waals surface area contributed by atoms with Gasteiger partial charge in [-0.3, -0.25) is 0 Å². The number of carbonyl (C=O) groups is 1. The van der Waals surface area contributed by atoms with Crippen molar-refractivity contribution in [3.8, 4) is 17.0 Å². The molecule has 1 aromatic heterocycles. The van der Waals surface area contributed by atoms with Gasteiger partial charge in [-0.25, -0.2) is 18.6 Å². The second-order valence-corrected chi connectivity index (χ2v) is 5.33. The number of pyridine rings is 1. The molecule has 0 fully saturated rings. The van der Waals surface area contributed by atoms with Crippen LogP contribution in [0.3, 0.4) is 0 Å². The highest BCUT2D eigenvalue weighted by Crippen LogP contribution is 2.38. The molecule has 0 radical (unpaired) electrons. The number of rotatable bonds is 4. The summed E-state index contributed by atoms with van der Waals surface area (Å²) in [5.41, 5.74) is 4.46. The van der Waals surface area contributed by atoms with Crippen molar-refractivity contribution in [2.75, 3.05) is 19.5 Å². The number of nitrogen functional groups attached to an aromatic ring is 1. The normalized spacial score (nSPS) is 10.6. The summed E-state index contributed by atoms with van der Waals surface area (Å²) >= 11 is 11.7. The summed E-state index contributed by atoms with van der Waals surface area (Å²) < 4.78 is 38.5. The number of hydrogen-bond donors (Lipinski definition) is 1. The zero-order valence-electron chi connectivity index (χ0n) is 12.6. The molecule has 24 heavy (non-hydrogen) atoms. The Hall–Kier alpha value is -2.12. The molecule has 0 aliphatic carbocycles. The fourth-order valence-electron chi connectivity index (χ4n) is 1.99. The van der Waals surface area contributed by atoms with Crippen LogP contribution in [0.2, 0.25) is 10.0 Å². The molecule has 2 aromatic rings. The molecular formula is C15H12Cl2F2N2O3. The molecular weight excluding hydrogens is 365 g/mol. The fourth-order valence-corrected chi connectivity index (χ4v) is 2.40. The largest absolute Gasteiger partial charge is 0.489 e. The third kappa shape index (κ3) is 3.22. The maximum absolute atomic E-state index is 14.6. The van der Waals surface area contributed by atoms with Gasteiger partial charge in [0.05, 0.1) is 40.7 Å². The number of nitrogens with zero attached hydrogens (tertiary/aromatic N) is 1. The Bertz CT molecular complexity index is 816. The van der Waals surface area contributed by atoms with Crippen LogP contribution in [0.5, 0.6) is 5.75 Å². The lowest BCUT2D eigenvalue weighted by atomic mass is 10.1. The van der Waals surface area contributed by atoms with Gasteiger partial charge >= 0.3 is 5.97 Å². The van der Waals surface area contributed by atoms with E-state index in [1.165, 1.54) is 0 Å². The minimum atomic E-state index is -1.06. The van der Waals surface area contributed by atoms with E-state index in [0.29, 0.717) is 0 Å².